The van der Waals surface area contributed by atoms with E-state index in [1.165, 1.54) is 44.0 Å². The summed E-state index contributed by atoms with van der Waals surface area (Å²) in [6.45, 7) is 2.76. The highest BCUT2D eigenvalue weighted by Gasteiger charge is 2.10. The first-order valence-electron chi connectivity index (χ1n) is 7.88. The Bertz CT molecular complexity index is 486. The SMILES string of the molecule is CCCCCCCCOc1ccc[n+]([O-])c1/C=C/CC(=O)O. The number of nitrogens with zero attached hydrogens (tertiary/aromatic N) is 1. The first-order valence-corrected chi connectivity index (χ1v) is 7.88. The molecule has 0 aromatic carbocycles. The Balaban J connectivity index is 2.47. The largest absolute Gasteiger partial charge is 0.618 e. The molecule has 0 amide bonds. The Labute approximate surface area is 131 Å². The molecule has 1 N–H and O–H groups in total. The Morgan fingerprint density at radius 2 is 2.05 bits per heavy atom. The fourth-order valence-electron chi connectivity index (χ4n) is 2.10. The van der Waals surface area contributed by atoms with Crippen molar-refractivity contribution in [2.75, 3.05) is 6.61 Å². The number of unbranched alkanes of at least 4 members (excludes halogenated alkanes) is 5. The fraction of sp³-hybridized carbons (Fsp3) is 0.529. The van der Waals surface area contributed by atoms with Crippen molar-refractivity contribution in [3.8, 4) is 5.75 Å². The van der Waals surface area contributed by atoms with Crippen molar-refractivity contribution >= 4 is 12.0 Å². The van der Waals surface area contributed by atoms with Crippen molar-refractivity contribution in [2.24, 2.45) is 0 Å². The molecule has 0 aliphatic heterocycles. The summed E-state index contributed by atoms with van der Waals surface area (Å²) in [4.78, 5) is 10.5. The van der Waals surface area contributed by atoms with Gasteiger partial charge in [-0.3, -0.25) is 4.79 Å². The second-order valence-electron chi connectivity index (χ2n) is 5.20. The summed E-state index contributed by atoms with van der Waals surface area (Å²) in [6.07, 6.45) is 11.2. The van der Waals surface area contributed by atoms with E-state index in [0.29, 0.717) is 22.8 Å². The van der Waals surface area contributed by atoms with Gasteiger partial charge in [0.1, 0.15) is 0 Å². The molecular weight excluding hydrogens is 282 g/mol. The van der Waals surface area contributed by atoms with Gasteiger partial charge in [-0.15, -0.1) is 0 Å². The second-order valence-corrected chi connectivity index (χ2v) is 5.20. The van der Waals surface area contributed by atoms with Crippen LogP contribution in [0.25, 0.3) is 6.08 Å². The summed E-state index contributed by atoms with van der Waals surface area (Å²) in [5, 5.41) is 20.4. The summed E-state index contributed by atoms with van der Waals surface area (Å²) in [7, 11) is 0. The normalized spacial score (nSPS) is 11.0. The van der Waals surface area contributed by atoms with Gasteiger partial charge in [0.15, 0.2) is 11.9 Å². The average molecular weight is 307 g/mol. The second kappa shape index (κ2) is 10.7. The number of ether oxygens (including phenoxy) is 1. The number of carboxylic acids is 1. The van der Waals surface area contributed by atoms with Gasteiger partial charge in [0.2, 0.25) is 0 Å². The van der Waals surface area contributed by atoms with Crippen molar-refractivity contribution in [1.82, 2.24) is 0 Å². The third-order valence-corrected chi connectivity index (χ3v) is 3.28. The summed E-state index contributed by atoms with van der Waals surface area (Å²) < 4.78 is 6.35. The molecule has 1 aromatic heterocycles. The van der Waals surface area contributed by atoms with Crippen LogP contribution in [-0.2, 0) is 4.79 Å². The van der Waals surface area contributed by atoms with Gasteiger partial charge >= 0.3 is 5.97 Å². The highest BCUT2D eigenvalue weighted by atomic mass is 16.5. The first kappa shape index (κ1) is 18.0. The Morgan fingerprint density at radius 1 is 1.32 bits per heavy atom. The molecular formula is C17H25NO4. The lowest BCUT2D eigenvalue weighted by Crippen LogP contribution is -2.29. The lowest BCUT2D eigenvalue weighted by molar-refractivity contribution is -0.607. The Morgan fingerprint density at radius 3 is 2.77 bits per heavy atom. The summed E-state index contributed by atoms with van der Waals surface area (Å²) in [6, 6.07) is 3.35. The molecule has 0 unspecified atom stereocenters. The summed E-state index contributed by atoms with van der Waals surface area (Å²) in [5.41, 5.74) is 0.342. The van der Waals surface area contributed by atoms with Gasteiger partial charge in [-0.2, -0.15) is 4.73 Å². The van der Waals surface area contributed by atoms with Crippen molar-refractivity contribution in [1.29, 1.82) is 0 Å². The molecule has 5 nitrogen and oxygen atoms in total. The minimum Gasteiger partial charge on any atom is -0.618 e. The van der Waals surface area contributed by atoms with Gasteiger partial charge in [0.05, 0.1) is 13.0 Å². The molecule has 0 fully saturated rings. The maximum absolute atomic E-state index is 11.8. The Kier molecular flexibility index (Phi) is 8.72. The highest BCUT2D eigenvalue weighted by molar-refractivity contribution is 5.70. The van der Waals surface area contributed by atoms with Crippen LogP contribution in [0.5, 0.6) is 5.75 Å². The van der Waals surface area contributed by atoms with E-state index < -0.39 is 5.97 Å². The lowest BCUT2D eigenvalue weighted by Gasteiger charge is -2.09. The van der Waals surface area contributed by atoms with E-state index in [4.69, 9.17) is 9.84 Å². The van der Waals surface area contributed by atoms with Crippen LogP contribution in [0.4, 0.5) is 0 Å². The van der Waals surface area contributed by atoms with Crippen LogP contribution in [0.3, 0.4) is 0 Å². The van der Waals surface area contributed by atoms with Crippen molar-refractivity contribution in [3.63, 3.8) is 0 Å². The predicted octanol–water partition coefficient (Wildman–Crippen LogP) is 3.55. The standard InChI is InChI=1S/C17H25NO4/c1-2-3-4-5-6-7-14-22-16-11-9-13-18(21)15(16)10-8-12-17(19)20/h8-11,13H,2-7,12,14H2,1H3,(H,19,20)/b10-8+. The van der Waals surface area contributed by atoms with Crippen LogP contribution >= 0.6 is 0 Å². The van der Waals surface area contributed by atoms with Crippen LogP contribution < -0.4 is 9.47 Å². The number of hydrogen-bond acceptors (Lipinski definition) is 3. The highest BCUT2D eigenvalue weighted by Crippen LogP contribution is 2.16. The zero-order valence-corrected chi connectivity index (χ0v) is 13.2. The fourth-order valence-corrected chi connectivity index (χ4v) is 2.10. The van der Waals surface area contributed by atoms with Gasteiger partial charge in [0.25, 0.3) is 5.69 Å². The van der Waals surface area contributed by atoms with Gasteiger partial charge in [-0.25, -0.2) is 0 Å². The molecule has 22 heavy (non-hydrogen) atoms. The number of pyridine rings is 1. The van der Waals surface area contributed by atoms with E-state index in [1.807, 2.05) is 0 Å². The van der Waals surface area contributed by atoms with Crippen LogP contribution in [0, 0.1) is 5.21 Å². The minimum atomic E-state index is -0.931. The number of rotatable bonds is 11. The summed E-state index contributed by atoms with van der Waals surface area (Å²) >= 11 is 0. The topological polar surface area (TPSA) is 73.5 Å². The number of hydrogen-bond donors (Lipinski definition) is 1. The summed E-state index contributed by atoms with van der Waals surface area (Å²) in [5.74, 6) is -0.438. The predicted molar refractivity (Wildman–Crippen MR) is 85.6 cm³/mol. The average Bonchev–Trinajstić information content (AvgIpc) is 2.48. The molecule has 0 atom stereocenters. The monoisotopic (exact) mass is 307 g/mol. The van der Waals surface area contributed by atoms with Crippen molar-refractivity contribution < 1.29 is 19.4 Å². The van der Waals surface area contributed by atoms with E-state index in [9.17, 15) is 10.0 Å². The minimum absolute atomic E-state index is 0.119. The van der Waals surface area contributed by atoms with E-state index in [2.05, 4.69) is 6.92 Å². The van der Waals surface area contributed by atoms with E-state index in [-0.39, 0.29) is 6.42 Å². The molecule has 0 aliphatic rings. The lowest BCUT2D eigenvalue weighted by atomic mass is 10.1. The van der Waals surface area contributed by atoms with E-state index in [0.717, 1.165) is 12.8 Å². The molecule has 0 bridgehead atoms. The molecule has 0 saturated heterocycles. The molecule has 1 heterocycles. The molecule has 122 valence electrons. The molecule has 0 spiro atoms. The number of aromatic nitrogens is 1. The number of aliphatic carboxylic acids is 1. The Hall–Kier alpha value is -2.04. The third-order valence-electron chi connectivity index (χ3n) is 3.28. The van der Waals surface area contributed by atoms with Gasteiger partial charge in [-0.05, 0) is 12.5 Å². The molecule has 0 radical (unpaired) electrons. The third kappa shape index (κ3) is 7.11. The molecule has 5 heteroatoms. The van der Waals surface area contributed by atoms with Crippen LogP contribution in [0.2, 0.25) is 0 Å². The zero-order valence-electron chi connectivity index (χ0n) is 13.2. The van der Waals surface area contributed by atoms with Crippen LogP contribution in [0.1, 0.15) is 57.6 Å². The number of carbonyl (C=O) groups is 1. The number of carboxylic acid groups (broad SMARTS) is 1. The van der Waals surface area contributed by atoms with Gasteiger partial charge in [0, 0.05) is 12.1 Å². The van der Waals surface area contributed by atoms with E-state index in [1.54, 1.807) is 12.1 Å². The van der Waals surface area contributed by atoms with E-state index >= 15 is 0 Å². The molecule has 0 saturated carbocycles. The van der Waals surface area contributed by atoms with Crippen molar-refractivity contribution in [2.45, 2.75) is 51.9 Å². The van der Waals surface area contributed by atoms with Gasteiger partial charge < -0.3 is 15.1 Å². The molecule has 0 aliphatic carbocycles. The van der Waals surface area contributed by atoms with Gasteiger partial charge in [-0.1, -0.05) is 45.1 Å². The molecule has 1 aromatic rings. The molecule has 1 rings (SSSR count). The zero-order chi connectivity index (χ0) is 16.2. The van der Waals surface area contributed by atoms with Crippen LogP contribution in [0.15, 0.2) is 24.4 Å². The van der Waals surface area contributed by atoms with Crippen LogP contribution in [-0.4, -0.2) is 17.7 Å². The first-order chi connectivity index (χ1) is 10.6. The maximum Gasteiger partial charge on any atom is 0.307 e. The quantitative estimate of drug-likeness (QED) is 0.385. The van der Waals surface area contributed by atoms with Crippen molar-refractivity contribution in [3.05, 3.63) is 35.3 Å². The maximum atomic E-state index is 11.8. The smallest absolute Gasteiger partial charge is 0.307 e.